The van der Waals surface area contributed by atoms with Crippen molar-refractivity contribution < 1.29 is 33.6 Å². The molecule has 3 unspecified atom stereocenters. The summed E-state index contributed by atoms with van der Waals surface area (Å²) in [6.45, 7) is 9.47. The summed E-state index contributed by atoms with van der Waals surface area (Å²) < 4.78 is 5.29. The highest BCUT2D eigenvalue weighted by molar-refractivity contribution is 7.15. The van der Waals surface area contributed by atoms with E-state index in [1.165, 1.54) is 29.2 Å². The van der Waals surface area contributed by atoms with Crippen molar-refractivity contribution in [2.24, 2.45) is 23.2 Å². The molecule has 1 aliphatic carbocycles. The van der Waals surface area contributed by atoms with Gasteiger partial charge in [0, 0.05) is 18.7 Å². The van der Waals surface area contributed by atoms with Crippen LogP contribution in [0.25, 0.3) is 0 Å². The molecule has 0 radical (unpaired) electrons. The lowest BCUT2D eigenvalue weighted by Gasteiger charge is -2.37. The van der Waals surface area contributed by atoms with Crippen LogP contribution in [-0.4, -0.2) is 64.1 Å². The third kappa shape index (κ3) is 8.49. The summed E-state index contributed by atoms with van der Waals surface area (Å²) >= 11 is 0. The van der Waals surface area contributed by atoms with Crippen LogP contribution in [0.2, 0.25) is 0 Å². The van der Waals surface area contributed by atoms with Gasteiger partial charge in [-0.05, 0) is 57.5 Å². The van der Waals surface area contributed by atoms with Crippen LogP contribution < -0.4 is 20.5 Å². The van der Waals surface area contributed by atoms with Crippen molar-refractivity contribution in [1.82, 2.24) is 20.6 Å². The number of carbonyl (C=O) groups is 5. The smallest absolute Gasteiger partial charge is 0.410 e. The van der Waals surface area contributed by atoms with Gasteiger partial charge in [0.1, 0.15) is 17.8 Å². The lowest BCUT2D eigenvalue weighted by atomic mass is 9.80. The monoisotopic (exact) mass is 619 g/mol. The third-order valence-electron chi connectivity index (χ3n) is 8.27. The second kappa shape index (κ2) is 14.2. The summed E-state index contributed by atoms with van der Waals surface area (Å²) in [5.74, 6) is -2.47. The number of nitro groups is 1. The molecule has 0 aromatic heterocycles. The molecule has 1 saturated carbocycles. The highest BCUT2D eigenvalue weighted by Gasteiger charge is 2.48. The number of amides is 4. The number of likely N-dealkylation sites (tertiary alicyclic amines) is 1. The Morgan fingerprint density at radius 1 is 1.07 bits per heavy atom. The van der Waals surface area contributed by atoms with Crippen LogP contribution in [0.3, 0.4) is 0 Å². The minimum atomic E-state index is -1.09. The fourth-order valence-corrected chi connectivity index (χ4v) is 5.72. The first-order valence-corrected chi connectivity index (χ1v) is 15.1. The molecule has 236 valence electrons. The van der Waals surface area contributed by atoms with Gasteiger partial charge in [-0.1, -0.05) is 53.9 Å². The van der Waals surface area contributed by atoms with E-state index < -0.39 is 58.1 Å². The molecule has 14 heteroatoms. The number of Topliss-reactive ketones (excluding diaryl/α,β-unsaturated/α-hetero) is 1. The van der Waals surface area contributed by atoms with Gasteiger partial charge in [-0.2, -0.15) is 0 Å². The number of nitro benzene ring substituents is 1. The number of hydrogen-bond acceptors (Lipinski definition) is 8. The van der Waals surface area contributed by atoms with Crippen molar-refractivity contribution in [2.75, 3.05) is 6.54 Å². The van der Waals surface area contributed by atoms with Crippen LogP contribution in [0.5, 0.6) is 5.75 Å². The summed E-state index contributed by atoms with van der Waals surface area (Å²) in [5, 5.41) is 18.6. The third-order valence-corrected chi connectivity index (χ3v) is 8.53. The number of hydrogen-bond donors (Lipinski definition) is 3. The van der Waals surface area contributed by atoms with Crippen molar-refractivity contribution in [1.29, 1.82) is 0 Å². The Bertz CT molecular complexity index is 1230. The van der Waals surface area contributed by atoms with Crippen molar-refractivity contribution in [3.8, 4) is 5.75 Å². The summed E-state index contributed by atoms with van der Waals surface area (Å²) in [4.78, 5) is 77.6. The van der Waals surface area contributed by atoms with Gasteiger partial charge >= 0.3 is 6.09 Å². The quantitative estimate of drug-likeness (QED) is 0.146. The van der Waals surface area contributed by atoms with E-state index in [9.17, 15) is 34.1 Å². The van der Waals surface area contributed by atoms with Crippen LogP contribution in [-0.2, 0) is 19.2 Å². The Kier molecular flexibility index (Phi) is 11.2. The summed E-state index contributed by atoms with van der Waals surface area (Å²) in [6.07, 6.45) is 2.82. The van der Waals surface area contributed by atoms with Crippen LogP contribution >= 0.6 is 9.39 Å². The average molecular weight is 620 g/mol. The Balaban J connectivity index is 1.82. The van der Waals surface area contributed by atoms with E-state index in [1.54, 1.807) is 20.8 Å². The van der Waals surface area contributed by atoms with E-state index in [-0.39, 0.29) is 35.7 Å². The zero-order chi connectivity index (χ0) is 32.1. The van der Waals surface area contributed by atoms with Crippen LogP contribution in [0.15, 0.2) is 24.3 Å². The molecule has 3 rings (SSSR count). The second-order valence-corrected chi connectivity index (χ2v) is 13.0. The summed E-state index contributed by atoms with van der Waals surface area (Å²) in [5.41, 5.74) is -0.957. The van der Waals surface area contributed by atoms with Gasteiger partial charge in [-0.15, -0.1) is 0 Å². The molecule has 4 amide bonds. The number of ketones is 1. The Morgan fingerprint density at radius 3 is 2.19 bits per heavy atom. The maximum absolute atomic E-state index is 14.1. The van der Waals surface area contributed by atoms with Crippen molar-refractivity contribution in [2.45, 2.75) is 84.8 Å². The SMILES string of the molecule is CC(C)[C@H]1CCN(C(=O)[C@@H](NC(=O)Oc2ccc([N+](=O)[O-])cc2)C(C)(C)C)C1C(=O)NC(CC1CCC1)C(=O)C(=O)NP. The van der Waals surface area contributed by atoms with Gasteiger partial charge < -0.3 is 25.4 Å². The van der Waals surface area contributed by atoms with Crippen LogP contribution in [0, 0.1) is 33.3 Å². The minimum Gasteiger partial charge on any atom is -0.410 e. The first-order chi connectivity index (χ1) is 20.1. The lowest BCUT2D eigenvalue weighted by molar-refractivity contribution is -0.384. The molecule has 1 heterocycles. The molecule has 0 spiro atoms. The molecule has 13 nitrogen and oxygen atoms in total. The molecular formula is C29H42N5O8P. The van der Waals surface area contributed by atoms with Gasteiger partial charge in [0.25, 0.3) is 11.6 Å². The van der Waals surface area contributed by atoms with Gasteiger partial charge in [0.15, 0.2) is 0 Å². The Labute approximate surface area is 253 Å². The number of nitrogens with one attached hydrogen (secondary N) is 3. The van der Waals surface area contributed by atoms with Crippen molar-refractivity contribution >= 4 is 44.7 Å². The number of nitrogens with zero attached hydrogens (tertiary/aromatic N) is 2. The fourth-order valence-electron chi connectivity index (χ4n) is 5.58. The van der Waals surface area contributed by atoms with E-state index >= 15 is 0 Å². The first-order valence-electron chi connectivity index (χ1n) is 14.5. The average Bonchev–Trinajstić information content (AvgIpc) is 3.37. The molecule has 1 saturated heterocycles. The number of non-ortho nitro benzene ring substituents is 1. The fraction of sp³-hybridized carbons (Fsp3) is 0.621. The van der Waals surface area contributed by atoms with E-state index in [4.69, 9.17) is 4.74 Å². The maximum atomic E-state index is 14.1. The number of carbonyl (C=O) groups excluding carboxylic acids is 5. The van der Waals surface area contributed by atoms with E-state index in [0.29, 0.717) is 12.8 Å². The zero-order valence-electron chi connectivity index (χ0n) is 25.3. The molecule has 1 aromatic carbocycles. The summed E-state index contributed by atoms with van der Waals surface area (Å²) in [7, 11) is 2.00. The van der Waals surface area contributed by atoms with Crippen LogP contribution in [0.4, 0.5) is 10.5 Å². The molecule has 3 N–H and O–H groups in total. The number of ether oxygens (including phenoxy) is 1. The minimum absolute atomic E-state index is 0.0258. The Morgan fingerprint density at radius 2 is 1.70 bits per heavy atom. The molecule has 1 aliphatic heterocycles. The highest BCUT2D eigenvalue weighted by Crippen LogP contribution is 2.34. The molecule has 0 bridgehead atoms. The number of rotatable bonds is 11. The maximum Gasteiger partial charge on any atom is 0.413 e. The normalized spacial score (nSPS) is 20.0. The molecular weight excluding hydrogens is 577 g/mol. The first kappa shape index (κ1) is 33.9. The van der Waals surface area contributed by atoms with E-state index in [2.05, 4.69) is 15.7 Å². The topological polar surface area (TPSA) is 177 Å². The number of benzene rings is 1. The predicted molar refractivity (Wildman–Crippen MR) is 161 cm³/mol. The molecule has 1 aromatic rings. The van der Waals surface area contributed by atoms with Gasteiger partial charge in [0.05, 0.1) is 11.0 Å². The molecule has 5 atom stereocenters. The second-order valence-electron chi connectivity index (χ2n) is 12.7. The van der Waals surface area contributed by atoms with Gasteiger partial charge in [0.2, 0.25) is 17.6 Å². The van der Waals surface area contributed by atoms with Crippen molar-refractivity contribution in [3.63, 3.8) is 0 Å². The highest BCUT2D eigenvalue weighted by atomic mass is 31.0. The Hall–Kier alpha value is -3.60. The lowest BCUT2D eigenvalue weighted by Crippen LogP contribution is -2.60. The molecule has 2 fully saturated rings. The zero-order valence-corrected chi connectivity index (χ0v) is 26.4. The van der Waals surface area contributed by atoms with E-state index in [1.807, 2.05) is 23.2 Å². The largest absolute Gasteiger partial charge is 0.413 e. The van der Waals surface area contributed by atoms with E-state index in [0.717, 1.165) is 19.3 Å². The van der Waals surface area contributed by atoms with Crippen molar-refractivity contribution in [3.05, 3.63) is 34.4 Å². The van der Waals surface area contributed by atoms with Crippen LogP contribution in [0.1, 0.15) is 66.7 Å². The predicted octanol–water partition coefficient (Wildman–Crippen LogP) is 3.12. The van der Waals surface area contributed by atoms with Gasteiger partial charge in [-0.3, -0.25) is 29.3 Å². The standard InChI is InChI=1S/C29H42N5O8P/c1-16(2)20-13-14-33(22(20)25(36)30-21(15-17-7-6-8-17)23(35)26(37)32-43)27(38)24(29(3,4)5)31-28(39)42-19-11-9-18(10-12-19)34(40)41/h9-12,16-17,20-22,24H,6-8,13-15,43H2,1-5H3,(H,30,36)(H,31,39)(H,32,37)/t20-,21?,22?,24-/m1/s1. The molecule has 43 heavy (non-hydrogen) atoms. The summed E-state index contributed by atoms with van der Waals surface area (Å²) in [6, 6.07) is 1.92. The van der Waals surface area contributed by atoms with Gasteiger partial charge in [-0.25, -0.2) is 4.79 Å². The molecule has 2 aliphatic rings.